The molecular weight excluding hydrogens is 406 g/mol. The van der Waals surface area contributed by atoms with Crippen LogP contribution in [0.25, 0.3) is 10.9 Å². The van der Waals surface area contributed by atoms with Gasteiger partial charge < -0.3 is 10.1 Å². The molecule has 29 heavy (non-hydrogen) atoms. The number of Topliss-reactive ketones (excluding diaryl/α,β-unsaturated/α-hetero) is 1. The van der Waals surface area contributed by atoms with Gasteiger partial charge in [-0.15, -0.1) is 11.3 Å². The lowest BCUT2D eigenvalue weighted by Gasteiger charge is -2.08. The SMILES string of the molecule is COc1ccc2nc(C)nc(SCC(=O)c3ccc(CC(=O)NC4CC4)s3)c2c1. The van der Waals surface area contributed by atoms with Gasteiger partial charge in [-0.3, -0.25) is 9.59 Å². The van der Waals surface area contributed by atoms with E-state index in [-0.39, 0.29) is 17.4 Å². The molecule has 4 rings (SSSR count). The lowest BCUT2D eigenvalue weighted by atomic mass is 10.2. The summed E-state index contributed by atoms with van der Waals surface area (Å²) in [4.78, 5) is 35.2. The number of hydrogen-bond acceptors (Lipinski definition) is 7. The second-order valence-corrected chi connectivity index (χ2v) is 9.09. The van der Waals surface area contributed by atoms with Crippen LogP contribution < -0.4 is 10.1 Å². The van der Waals surface area contributed by atoms with E-state index in [1.807, 2.05) is 31.2 Å². The normalized spacial score (nSPS) is 13.4. The smallest absolute Gasteiger partial charge is 0.225 e. The Morgan fingerprint density at radius 3 is 2.83 bits per heavy atom. The molecule has 1 aromatic carbocycles. The second kappa shape index (κ2) is 8.51. The second-order valence-electron chi connectivity index (χ2n) is 6.96. The first-order valence-corrected chi connectivity index (χ1v) is 11.2. The summed E-state index contributed by atoms with van der Waals surface area (Å²) in [5, 5.41) is 4.61. The molecule has 8 heteroatoms. The number of ketones is 1. The maximum absolute atomic E-state index is 12.7. The van der Waals surface area contributed by atoms with Crippen molar-refractivity contribution in [3.63, 3.8) is 0 Å². The molecule has 3 aromatic rings. The quantitative estimate of drug-likeness (QED) is 0.335. The van der Waals surface area contributed by atoms with Crippen LogP contribution in [0.4, 0.5) is 0 Å². The van der Waals surface area contributed by atoms with E-state index >= 15 is 0 Å². The average Bonchev–Trinajstić information content (AvgIpc) is 3.39. The monoisotopic (exact) mass is 427 g/mol. The number of aryl methyl sites for hydroxylation is 1. The molecule has 1 saturated carbocycles. The highest BCUT2D eigenvalue weighted by Gasteiger charge is 2.23. The van der Waals surface area contributed by atoms with Gasteiger partial charge in [0, 0.05) is 16.3 Å². The van der Waals surface area contributed by atoms with Crippen molar-refractivity contribution in [2.75, 3.05) is 12.9 Å². The van der Waals surface area contributed by atoms with Gasteiger partial charge >= 0.3 is 0 Å². The molecular formula is C21H21N3O3S2. The van der Waals surface area contributed by atoms with E-state index in [9.17, 15) is 9.59 Å². The van der Waals surface area contributed by atoms with Gasteiger partial charge in [0.25, 0.3) is 0 Å². The van der Waals surface area contributed by atoms with E-state index < -0.39 is 0 Å². The minimum atomic E-state index is 0.0274. The molecule has 0 saturated heterocycles. The molecule has 1 N–H and O–H groups in total. The summed E-state index contributed by atoms with van der Waals surface area (Å²) in [5.41, 5.74) is 0.827. The Labute approximate surface area is 177 Å². The molecule has 1 aliphatic carbocycles. The number of fused-ring (bicyclic) bond motifs is 1. The number of hydrogen-bond donors (Lipinski definition) is 1. The first-order chi connectivity index (χ1) is 14.0. The van der Waals surface area contributed by atoms with Gasteiger partial charge in [-0.05, 0) is 50.1 Å². The van der Waals surface area contributed by atoms with Crippen molar-refractivity contribution in [2.24, 2.45) is 0 Å². The maximum atomic E-state index is 12.7. The number of nitrogens with one attached hydrogen (secondary N) is 1. The average molecular weight is 428 g/mol. The summed E-state index contributed by atoms with van der Waals surface area (Å²) >= 11 is 2.79. The van der Waals surface area contributed by atoms with Crippen LogP contribution in [0.5, 0.6) is 5.75 Å². The molecule has 6 nitrogen and oxygen atoms in total. The molecule has 0 radical (unpaired) electrons. The van der Waals surface area contributed by atoms with Crippen LogP contribution in [0.1, 0.15) is 33.2 Å². The number of thioether (sulfide) groups is 1. The van der Waals surface area contributed by atoms with Crippen molar-refractivity contribution in [3.8, 4) is 5.75 Å². The summed E-state index contributed by atoms with van der Waals surface area (Å²) in [5.74, 6) is 1.72. The summed E-state index contributed by atoms with van der Waals surface area (Å²) in [6, 6.07) is 9.67. The number of amides is 1. The Hall–Kier alpha value is -2.45. The van der Waals surface area contributed by atoms with Gasteiger partial charge in [-0.2, -0.15) is 0 Å². The minimum absolute atomic E-state index is 0.0274. The first-order valence-electron chi connectivity index (χ1n) is 9.38. The highest BCUT2D eigenvalue weighted by molar-refractivity contribution is 8.00. The van der Waals surface area contributed by atoms with E-state index in [0.29, 0.717) is 23.2 Å². The van der Waals surface area contributed by atoms with Crippen LogP contribution in [-0.2, 0) is 11.2 Å². The van der Waals surface area contributed by atoms with Crippen molar-refractivity contribution in [2.45, 2.75) is 37.3 Å². The molecule has 150 valence electrons. The minimum Gasteiger partial charge on any atom is -0.497 e. The Morgan fingerprint density at radius 1 is 1.24 bits per heavy atom. The van der Waals surface area contributed by atoms with E-state index in [2.05, 4.69) is 15.3 Å². The van der Waals surface area contributed by atoms with E-state index in [1.54, 1.807) is 13.2 Å². The fourth-order valence-corrected chi connectivity index (χ4v) is 4.89. The van der Waals surface area contributed by atoms with Gasteiger partial charge in [0.15, 0.2) is 5.78 Å². The summed E-state index contributed by atoms with van der Waals surface area (Å²) in [7, 11) is 1.62. The predicted molar refractivity (Wildman–Crippen MR) is 115 cm³/mol. The fourth-order valence-electron chi connectivity index (χ4n) is 2.92. The van der Waals surface area contributed by atoms with Crippen LogP contribution in [0.2, 0.25) is 0 Å². The largest absolute Gasteiger partial charge is 0.497 e. The zero-order valence-corrected chi connectivity index (χ0v) is 17.9. The van der Waals surface area contributed by atoms with Crippen molar-refractivity contribution >= 4 is 45.7 Å². The van der Waals surface area contributed by atoms with Gasteiger partial charge in [-0.1, -0.05) is 11.8 Å². The zero-order valence-electron chi connectivity index (χ0n) is 16.2. The predicted octanol–water partition coefficient (Wildman–Crippen LogP) is 3.80. The molecule has 1 fully saturated rings. The fraction of sp³-hybridized carbons (Fsp3) is 0.333. The molecule has 0 atom stereocenters. The van der Waals surface area contributed by atoms with Crippen LogP contribution in [0, 0.1) is 6.92 Å². The van der Waals surface area contributed by atoms with Crippen LogP contribution >= 0.6 is 23.1 Å². The summed E-state index contributed by atoms with van der Waals surface area (Å²) in [6.45, 7) is 1.84. The maximum Gasteiger partial charge on any atom is 0.225 e. The van der Waals surface area contributed by atoms with Crippen molar-refractivity contribution < 1.29 is 14.3 Å². The molecule has 1 amide bonds. The third kappa shape index (κ3) is 4.94. The number of carbonyl (C=O) groups excluding carboxylic acids is 2. The van der Waals surface area contributed by atoms with Crippen LogP contribution in [-0.4, -0.2) is 40.6 Å². The summed E-state index contributed by atoms with van der Waals surface area (Å²) < 4.78 is 5.30. The van der Waals surface area contributed by atoms with Crippen LogP contribution in [0.3, 0.4) is 0 Å². The zero-order chi connectivity index (χ0) is 20.4. The highest BCUT2D eigenvalue weighted by Crippen LogP contribution is 2.30. The molecule has 0 bridgehead atoms. The number of thiophene rings is 1. The molecule has 2 heterocycles. The van der Waals surface area contributed by atoms with E-state index in [0.717, 1.165) is 39.4 Å². The Balaban J connectivity index is 1.43. The van der Waals surface area contributed by atoms with E-state index in [4.69, 9.17) is 4.74 Å². The van der Waals surface area contributed by atoms with Crippen molar-refractivity contribution in [3.05, 3.63) is 45.9 Å². The van der Waals surface area contributed by atoms with Gasteiger partial charge in [0.1, 0.15) is 16.6 Å². The third-order valence-corrected chi connectivity index (χ3v) is 6.65. The Bertz CT molecular complexity index is 1080. The standard InChI is InChI=1S/C21H21N3O3S2/c1-12-22-17-7-5-14(27-2)9-16(17)21(23-12)28-11-18(25)19-8-6-15(29-19)10-20(26)24-13-3-4-13/h5-9,13H,3-4,10-11H2,1-2H3,(H,24,26). The Kier molecular flexibility index (Phi) is 5.82. The van der Waals surface area contributed by atoms with Crippen molar-refractivity contribution in [1.82, 2.24) is 15.3 Å². The number of benzene rings is 1. The molecule has 0 unspecified atom stereocenters. The van der Waals surface area contributed by atoms with Crippen LogP contribution in [0.15, 0.2) is 35.4 Å². The number of nitrogens with zero attached hydrogens (tertiary/aromatic N) is 2. The summed E-state index contributed by atoms with van der Waals surface area (Å²) in [6.07, 6.45) is 2.47. The van der Waals surface area contributed by atoms with Gasteiger partial charge in [-0.25, -0.2) is 9.97 Å². The lowest BCUT2D eigenvalue weighted by molar-refractivity contribution is -0.120. The molecule has 0 aliphatic heterocycles. The number of aromatic nitrogens is 2. The number of ether oxygens (including phenoxy) is 1. The molecule has 2 aromatic heterocycles. The topological polar surface area (TPSA) is 81.2 Å². The molecule has 1 aliphatic rings. The molecule has 0 spiro atoms. The Morgan fingerprint density at radius 2 is 2.07 bits per heavy atom. The number of rotatable bonds is 8. The van der Waals surface area contributed by atoms with E-state index in [1.165, 1.54) is 23.1 Å². The number of carbonyl (C=O) groups is 2. The number of methoxy groups -OCH3 is 1. The van der Waals surface area contributed by atoms with Crippen molar-refractivity contribution in [1.29, 1.82) is 0 Å². The van der Waals surface area contributed by atoms with Gasteiger partial charge in [0.2, 0.25) is 5.91 Å². The highest BCUT2D eigenvalue weighted by atomic mass is 32.2. The third-order valence-electron chi connectivity index (χ3n) is 4.53. The lowest BCUT2D eigenvalue weighted by Crippen LogP contribution is -2.26. The van der Waals surface area contributed by atoms with Gasteiger partial charge in [0.05, 0.1) is 29.7 Å². The first kappa shape index (κ1) is 19.8.